The number of rotatable bonds is 6. The minimum absolute atomic E-state index is 0.101. The molecule has 28 heavy (non-hydrogen) atoms. The lowest BCUT2D eigenvalue weighted by atomic mass is 10.3. The van der Waals surface area contributed by atoms with Crippen LogP contribution in [0.15, 0.2) is 47.4 Å². The van der Waals surface area contributed by atoms with Gasteiger partial charge in [-0.3, -0.25) is 0 Å². The van der Waals surface area contributed by atoms with Crippen LogP contribution in [0.4, 0.5) is 17.6 Å². The van der Waals surface area contributed by atoms with Crippen molar-refractivity contribution in [1.82, 2.24) is 19.9 Å². The van der Waals surface area contributed by atoms with E-state index in [1.165, 1.54) is 12.1 Å². The van der Waals surface area contributed by atoms with Gasteiger partial charge in [0.1, 0.15) is 10.8 Å². The highest BCUT2D eigenvalue weighted by Crippen LogP contribution is 2.22. The van der Waals surface area contributed by atoms with Crippen molar-refractivity contribution in [3.63, 3.8) is 0 Å². The van der Waals surface area contributed by atoms with Crippen molar-refractivity contribution in [2.24, 2.45) is 0 Å². The van der Waals surface area contributed by atoms with Crippen molar-refractivity contribution < 1.29 is 8.42 Å². The van der Waals surface area contributed by atoms with Crippen LogP contribution in [0.1, 0.15) is 13.8 Å². The summed E-state index contributed by atoms with van der Waals surface area (Å²) in [7, 11) is -3.33. The van der Waals surface area contributed by atoms with Gasteiger partial charge in [-0.1, -0.05) is 23.7 Å². The summed E-state index contributed by atoms with van der Waals surface area (Å²) < 4.78 is 23.6. The number of benzene rings is 1. The Morgan fingerprint density at radius 2 is 1.68 bits per heavy atom. The van der Waals surface area contributed by atoms with Crippen LogP contribution in [0, 0.1) is 0 Å². The number of halogens is 1. The molecule has 0 unspecified atom stereocenters. The number of nitrogens with zero attached hydrogens (tertiary/aromatic N) is 4. The maximum atomic E-state index is 11.8. The van der Waals surface area contributed by atoms with E-state index in [2.05, 4.69) is 30.6 Å². The first kappa shape index (κ1) is 20.0. The molecule has 2 N–H and O–H groups in total. The average molecular weight is 419 g/mol. The van der Waals surface area contributed by atoms with Crippen LogP contribution in [-0.2, 0) is 9.84 Å². The number of pyridine rings is 1. The zero-order valence-electron chi connectivity index (χ0n) is 15.5. The first-order valence-electron chi connectivity index (χ1n) is 8.43. The molecule has 8 nitrogen and oxygen atoms in total. The highest BCUT2D eigenvalue weighted by molar-refractivity contribution is 7.90. The topological polar surface area (TPSA) is 110 Å². The summed E-state index contributed by atoms with van der Waals surface area (Å²) in [6.07, 6.45) is 1.16. The molecule has 0 bridgehead atoms. The second-order valence-electron chi connectivity index (χ2n) is 6.38. The fourth-order valence-electron chi connectivity index (χ4n) is 2.34. The van der Waals surface area contributed by atoms with Crippen molar-refractivity contribution in [3.05, 3.63) is 47.6 Å². The lowest BCUT2D eigenvalue weighted by Gasteiger charge is -2.12. The van der Waals surface area contributed by atoms with Crippen LogP contribution in [0.2, 0.25) is 5.15 Å². The summed E-state index contributed by atoms with van der Waals surface area (Å²) in [6, 6.07) is 11.7. The van der Waals surface area contributed by atoms with E-state index in [1.54, 1.807) is 30.3 Å². The van der Waals surface area contributed by atoms with Gasteiger partial charge in [0.2, 0.25) is 11.9 Å². The molecule has 0 atom stereocenters. The van der Waals surface area contributed by atoms with Crippen LogP contribution in [-0.4, -0.2) is 40.7 Å². The van der Waals surface area contributed by atoms with Gasteiger partial charge < -0.3 is 10.6 Å². The molecule has 146 valence electrons. The number of nitrogens with one attached hydrogen (secondary N) is 2. The van der Waals surface area contributed by atoms with Gasteiger partial charge in [0.25, 0.3) is 0 Å². The van der Waals surface area contributed by atoms with Gasteiger partial charge in [0, 0.05) is 18.0 Å². The van der Waals surface area contributed by atoms with E-state index in [0.717, 1.165) is 6.26 Å². The Balaban J connectivity index is 2.01. The Hall–Kier alpha value is -2.78. The molecule has 0 fully saturated rings. The molecule has 3 rings (SSSR count). The molecular formula is C18H19ClN6O2S. The van der Waals surface area contributed by atoms with Crippen LogP contribution in [0.5, 0.6) is 0 Å². The van der Waals surface area contributed by atoms with Crippen molar-refractivity contribution in [1.29, 1.82) is 0 Å². The fraction of sp³-hybridized carbons (Fsp3) is 0.222. The number of hydrogen-bond donors (Lipinski definition) is 2. The summed E-state index contributed by atoms with van der Waals surface area (Å²) in [5.41, 5.74) is 1.03. The SMILES string of the molecule is CC(C)Nc1nc(Nc2cccc(S(C)(=O)=O)c2)nc(-c2cccc(Cl)n2)n1. The zero-order valence-corrected chi connectivity index (χ0v) is 17.1. The molecule has 0 spiro atoms. The third kappa shape index (κ3) is 5.14. The first-order chi connectivity index (χ1) is 13.2. The van der Waals surface area contributed by atoms with E-state index < -0.39 is 9.84 Å². The monoisotopic (exact) mass is 418 g/mol. The van der Waals surface area contributed by atoms with Crippen LogP contribution >= 0.6 is 11.6 Å². The van der Waals surface area contributed by atoms with E-state index in [0.29, 0.717) is 28.3 Å². The highest BCUT2D eigenvalue weighted by atomic mass is 35.5. The molecule has 1 aromatic carbocycles. The van der Waals surface area contributed by atoms with Crippen molar-refractivity contribution >= 4 is 39.0 Å². The number of sulfone groups is 1. The van der Waals surface area contributed by atoms with E-state index in [4.69, 9.17) is 11.6 Å². The Morgan fingerprint density at radius 3 is 2.36 bits per heavy atom. The van der Waals surface area contributed by atoms with Crippen molar-refractivity contribution in [3.8, 4) is 11.5 Å². The molecular weight excluding hydrogens is 400 g/mol. The molecule has 0 aliphatic carbocycles. The number of anilines is 3. The fourth-order valence-corrected chi connectivity index (χ4v) is 3.17. The van der Waals surface area contributed by atoms with E-state index in [9.17, 15) is 8.42 Å². The second-order valence-corrected chi connectivity index (χ2v) is 8.78. The highest BCUT2D eigenvalue weighted by Gasteiger charge is 2.13. The van der Waals surface area contributed by atoms with E-state index >= 15 is 0 Å². The summed E-state index contributed by atoms with van der Waals surface area (Å²) in [6.45, 7) is 3.92. The third-order valence-electron chi connectivity index (χ3n) is 3.52. The largest absolute Gasteiger partial charge is 0.352 e. The smallest absolute Gasteiger partial charge is 0.232 e. The van der Waals surface area contributed by atoms with Gasteiger partial charge in [-0.15, -0.1) is 0 Å². The van der Waals surface area contributed by atoms with E-state index in [-0.39, 0.29) is 16.9 Å². The predicted octanol–water partition coefficient (Wildman–Crippen LogP) is 3.55. The predicted molar refractivity (Wildman–Crippen MR) is 110 cm³/mol. The van der Waals surface area contributed by atoms with Crippen LogP contribution in [0.3, 0.4) is 0 Å². The van der Waals surface area contributed by atoms with Crippen LogP contribution in [0.25, 0.3) is 11.5 Å². The van der Waals surface area contributed by atoms with Gasteiger partial charge in [0.05, 0.1) is 4.90 Å². The van der Waals surface area contributed by atoms with Gasteiger partial charge in [-0.25, -0.2) is 13.4 Å². The molecule has 0 saturated carbocycles. The van der Waals surface area contributed by atoms with Crippen LogP contribution < -0.4 is 10.6 Å². The molecule has 0 saturated heterocycles. The van der Waals surface area contributed by atoms with Gasteiger partial charge in [-0.2, -0.15) is 15.0 Å². The molecule has 2 aromatic heterocycles. The zero-order chi connectivity index (χ0) is 20.3. The Morgan fingerprint density at radius 1 is 0.964 bits per heavy atom. The normalized spacial score (nSPS) is 11.5. The minimum atomic E-state index is -3.33. The molecule has 2 heterocycles. The third-order valence-corrected chi connectivity index (χ3v) is 4.84. The Labute approximate surface area is 168 Å². The van der Waals surface area contributed by atoms with Crippen molar-refractivity contribution in [2.45, 2.75) is 24.8 Å². The van der Waals surface area contributed by atoms with Crippen molar-refractivity contribution in [2.75, 3.05) is 16.9 Å². The lowest BCUT2D eigenvalue weighted by molar-refractivity contribution is 0.602. The Bertz CT molecular complexity index is 1100. The molecule has 0 aliphatic rings. The summed E-state index contributed by atoms with van der Waals surface area (Å²) in [5, 5.41) is 6.49. The summed E-state index contributed by atoms with van der Waals surface area (Å²) in [4.78, 5) is 17.6. The lowest BCUT2D eigenvalue weighted by Crippen LogP contribution is -2.14. The first-order valence-corrected chi connectivity index (χ1v) is 10.7. The maximum absolute atomic E-state index is 11.8. The standard InChI is InChI=1S/C18H19ClN6O2S/c1-11(2)20-17-23-16(14-8-5-9-15(19)22-14)24-18(25-17)21-12-6-4-7-13(10-12)28(3,26)27/h4-11H,1-3H3,(H2,20,21,23,24,25). The van der Waals surface area contributed by atoms with Gasteiger partial charge in [0.15, 0.2) is 15.7 Å². The molecule has 0 aliphatic heterocycles. The molecule has 3 aromatic rings. The summed E-state index contributed by atoms with van der Waals surface area (Å²) in [5.74, 6) is 0.950. The van der Waals surface area contributed by atoms with Gasteiger partial charge in [-0.05, 0) is 44.2 Å². The molecule has 0 radical (unpaired) electrons. The average Bonchev–Trinajstić information content (AvgIpc) is 2.60. The minimum Gasteiger partial charge on any atom is -0.352 e. The van der Waals surface area contributed by atoms with Gasteiger partial charge >= 0.3 is 0 Å². The Kier molecular flexibility index (Phi) is 5.76. The number of aromatic nitrogens is 4. The molecule has 10 heteroatoms. The number of hydrogen-bond acceptors (Lipinski definition) is 8. The quantitative estimate of drug-likeness (QED) is 0.585. The summed E-state index contributed by atoms with van der Waals surface area (Å²) >= 11 is 5.98. The maximum Gasteiger partial charge on any atom is 0.232 e. The molecule has 0 amide bonds. The van der Waals surface area contributed by atoms with E-state index in [1.807, 2.05) is 13.8 Å². The second kappa shape index (κ2) is 8.07.